The van der Waals surface area contributed by atoms with Crippen molar-refractivity contribution in [2.24, 2.45) is 0 Å². The van der Waals surface area contributed by atoms with Crippen molar-refractivity contribution in [3.05, 3.63) is 18.0 Å². The lowest BCUT2D eigenvalue weighted by atomic mass is 10.1. The van der Waals surface area contributed by atoms with Gasteiger partial charge in [-0.1, -0.05) is 0 Å². The lowest BCUT2D eigenvalue weighted by Gasteiger charge is -2.39. The van der Waals surface area contributed by atoms with E-state index in [4.69, 9.17) is 0 Å². The highest BCUT2D eigenvalue weighted by Gasteiger charge is 2.28. The Hall–Kier alpha value is -0.880. The molecule has 1 fully saturated rings. The third kappa shape index (κ3) is 2.82. The summed E-state index contributed by atoms with van der Waals surface area (Å²) in [5.74, 6) is 0.248. The molecule has 0 N–H and O–H groups in total. The summed E-state index contributed by atoms with van der Waals surface area (Å²) in [6, 6.07) is 0.410. The third-order valence-electron chi connectivity index (χ3n) is 2.82. The Bertz CT molecular complexity index is 460. The van der Waals surface area contributed by atoms with Crippen LogP contribution in [0.1, 0.15) is 11.6 Å². The van der Waals surface area contributed by atoms with Crippen LogP contribution >= 0.6 is 0 Å². The van der Waals surface area contributed by atoms with Gasteiger partial charge in [0.15, 0.2) is 0 Å². The Balaban J connectivity index is 1.78. The van der Waals surface area contributed by atoms with Crippen LogP contribution in [0.4, 0.5) is 0 Å². The van der Waals surface area contributed by atoms with Gasteiger partial charge in [-0.15, -0.1) is 0 Å². The second-order valence-corrected chi connectivity index (χ2v) is 6.80. The van der Waals surface area contributed by atoms with E-state index < -0.39 is 9.84 Å². The van der Waals surface area contributed by atoms with Crippen LogP contribution in [0.25, 0.3) is 0 Å². The van der Waals surface area contributed by atoms with Gasteiger partial charge in [0.25, 0.3) is 0 Å². The Labute approximate surface area is 96.0 Å². The summed E-state index contributed by atoms with van der Waals surface area (Å²) >= 11 is 0. The van der Waals surface area contributed by atoms with Gasteiger partial charge in [-0.2, -0.15) is 5.10 Å². The van der Waals surface area contributed by atoms with Gasteiger partial charge in [-0.05, 0) is 12.5 Å². The predicted octanol–water partition coefficient (Wildman–Crippen LogP) is 0.0928. The van der Waals surface area contributed by atoms with Gasteiger partial charge in [0.2, 0.25) is 0 Å². The molecule has 2 rings (SSSR count). The normalized spacial score (nSPS) is 18.6. The van der Waals surface area contributed by atoms with Crippen molar-refractivity contribution in [1.82, 2.24) is 14.7 Å². The summed E-state index contributed by atoms with van der Waals surface area (Å²) in [5.41, 5.74) is 1.16. The molecule has 0 aliphatic carbocycles. The number of aryl methyl sites for hydroxylation is 1. The van der Waals surface area contributed by atoms with E-state index in [1.807, 2.05) is 24.0 Å². The molecule has 90 valence electrons. The number of sulfone groups is 1. The van der Waals surface area contributed by atoms with Crippen LogP contribution in [0.3, 0.4) is 0 Å². The number of hydrogen-bond donors (Lipinski definition) is 0. The monoisotopic (exact) mass is 243 g/mol. The van der Waals surface area contributed by atoms with Crippen LogP contribution in [-0.4, -0.2) is 54.7 Å². The Kier molecular flexibility index (Phi) is 3.03. The van der Waals surface area contributed by atoms with E-state index in [1.165, 1.54) is 6.26 Å². The molecule has 16 heavy (non-hydrogen) atoms. The predicted molar refractivity (Wildman–Crippen MR) is 62.2 cm³/mol. The number of nitrogens with zero attached hydrogens (tertiary/aromatic N) is 3. The molecule has 1 saturated heterocycles. The van der Waals surface area contributed by atoms with Gasteiger partial charge < -0.3 is 0 Å². The lowest BCUT2D eigenvalue weighted by molar-refractivity contribution is 0.106. The van der Waals surface area contributed by atoms with E-state index in [2.05, 4.69) is 10.00 Å². The quantitative estimate of drug-likeness (QED) is 0.752. The number of hydrogen-bond acceptors (Lipinski definition) is 4. The number of rotatable bonds is 4. The molecular weight excluding hydrogens is 226 g/mol. The zero-order chi connectivity index (χ0) is 11.8. The van der Waals surface area contributed by atoms with E-state index >= 15 is 0 Å². The first-order valence-electron chi connectivity index (χ1n) is 5.35. The minimum absolute atomic E-state index is 0.248. The maximum absolute atomic E-state index is 11.0. The molecule has 2 heterocycles. The molecule has 0 atom stereocenters. The second kappa shape index (κ2) is 4.18. The summed E-state index contributed by atoms with van der Waals surface area (Å²) in [6.07, 6.45) is 5.15. The van der Waals surface area contributed by atoms with Gasteiger partial charge in [0.1, 0.15) is 9.84 Å². The SMILES string of the molecule is Cc1cnn(C2CN(CCS(C)(=O)=O)C2)c1. The first-order valence-corrected chi connectivity index (χ1v) is 7.41. The van der Waals surface area contributed by atoms with Gasteiger partial charge in [-0.25, -0.2) is 8.42 Å². The van der Waals surface area contributed by atoms with Gasteiger partial charge in [0, 0.05) is 32.1 Å². The van der Waals surface area contributed by atoms with Crippen LogP contribution in [0.15, 0.2) is 12.4 Å². The summed E-state index contributed by atoms with van der Waals surface area (Å²) in [7, 11) is -2.84. The molecule has 0 aromatic carbocycles. The molecule has 1 aromatic rings. The second-order valence-electron chi connectivity index (χ2n) is 4.54. The van der Waals surface area contributed by atoms with Crippen molar-refractivity contribution in [2.45, 2.75) is 13.0 Å². The van der Waals surface area contributed by atoms with Crippen molar-refractivity contribution in [3.8, 4) is 0 Å². The fourth-order valence-electron chi connectivity index (χ4n) is 1.82. The molecule has 0 bridgehead atoms. The van der Waals surface area contributed by atoms with E-state index in [-0.39, 0.29) is 5.75 Å². The lowest BCUT2D eigenvalue weighted by Crippen LogP contribution is -2.49. The highest BCUT2D eigenvalue weighted by molar-refractivity contribution is 7.90. The molecule has 0 radical (unpaired) electrons. The van der Waals surface area contributed by atoms with Crippen molar-refractivity contribution >= 4 is 9.84 Å². The van der Waals surface area contributed by atoms with E-state index in [9.17, 15) is 8.42 Å². The first kappa shape index (κ1) is 11.6. The average Bonchev–Trinajstić information content (AvgIpc) is 2.47. The Morgan fingerprint density at radius 3 is 2.69 bits per heavy atom. The molecule has 1 aromatic heterocycles. The molecule has 6 heteroatoms. The fourth-order valence-corrected chi connectivity index (χ4v) is 2.41. The maximum Gasteiger partial charge on any atom is 0.148 e. The summed E-state index contributed by atoms with van der Waals surface area (Å²) in [5, 5.41) is 4.25. The zero-order valence-corrected chi connectivity index (χ0v) is 10.4. The standard InChI is InChI=1S/C10H17N3O2S/c1-9-5-11-13(6-9)10-7-12(8-10)3-4-16(2,14)15/h5-6,10H,3-4,7-8H2,1-2H3. The van der Waals surface area contributed by atoms with Crippen molar-refractivity contribution in [2.75, 3.05) is 31.6 Å². The van der Waals surface area contributed by atoms with Crippen molar-refractivity contribution in [3.63, 3.8) is 0 Å². The maximum atomic E-state index is 11.0. The van der Waals surface area contributed by atoms with E-state index in [0.29, 0.717) is 12.6 Å². The topological polar surface area (TPSA) is 55.2 Å². The molecule has 1 aliphatic rings. The third-order valence-corrected chi connectivity index (χ3v) is 3.75. The molecule has 0 unspecified atom stereocenters. The van der Waals surface area contributed by atoms with Crippen LogP contribution in [0.2, 0.25) is 0 Å². The van der Waals surface area contributed by atoms with Crippen LogP contribution in [-0.2, 0) is 9.84 Å². The first-order chi connectivity index (χ1) is 7.44. The Morgan fingerprint density at radius 1 is 1.50 bits per heavy atom. The number of likely N-dealkylation sites (tertiary alicyclic amines) is 1. The number of aromatic nitrogens is 2. The zero-order valence-electron chi connectivity index (χ0n) is 9.63. The van der Waals surface area contributed by atoms with Crippen molar-refractivity contribution in [1.29, 1.82) is 0 Å². The fraction of sp³-hybridized carbons (Fsp3) is 0.700. The van der Waals surface area contributed by atoms with Gasteiger partial charge in [-0.3, -0.25) is 9.58 Å². The molecule has 0 spiro atoms. The Morgan fingerprint density at radius 2 is 2.19 bits per heavy atom. The minimum Gasteiger partial charge on any atom is -0.298 e. The van der Waals surface area contributed by atoms with E-state index in [0.717, 1.165) is 18.7 Å². The summed E-state index contributed by atoms with van der Waals surface area (Å²) < 4.78 is 23.9. The molecule has 5 nitrogen and oxygen atoms in total. The van der Waals surface area contributed by atoms with Crippen LogP contribution < -0.4 is 0 Å². The average molecular weight is 243 g/mol. The molecule has 0 amide bonds. The van der Waals surface area contributed by atoms with Crippen LogP contribution in [0, 0.1) is 6.92 Å². The summed E-state index contributed by atoms with van der Waals surface area (Å²) in [6.45, 7) is 4.45. The van der Waals surface area contributed by atoms with E-state index in [1.54, 1.807) is 0 Å². The van der Waals surface area contributed by atoms with Crippen LogP contribution in [0.5, 0.6) is 0 Å². The smallest absolute Gasteiger partial charge is 0.148 e. The summed E-state index contributed by atoms with van der Waals surface area (Å²) in [4.78, 5) is 2.14. The highest BCUT2D eigenvalue weighted by Crippen LogP contribution is 2.20. The highest BCUT2D eigenvalue weighted by atomic mass is 32.2. The minimum atomic E-state index is -2.84. The molecule has 0 saturated carbocycles. The molecule has 1 aliphatic heterocycles. The van der Waals surface area contributed by atoms with Gasteiger partial charge >= 0.3 is 0 Å². The molecular formula is C10H17N3O2S. The largest absolute Gasteiger partial charge is 0.298 e. The van der Waals surface area contributed by atoms with Gasteiger partial charge in [0.05, 0.1) is 18.0 Å². The van der Waals surface area contributed by atoms with Crippen molar-refractivity contribution < 1.29 is 8.42 Å².